The zero-order valence-corrected chi connectivity index (χ0v) is 20.3. The number of halogens is 2. The van der Waals surface area contributed by atoms with Gasteiger partial charge >= 0.3 is 0 Å². The predicted octanol–water partition coefficient (Wildman–Crippen LogP) is 6.47. The highest BCUT2D eigenvalue weighted by molar-refractivity contribution is 6.36. The summed E-state index contributed by atoms with van der Waals surface area (Å²) < 4.78 is 22.9. The van der Waals surface area contributed by atoms with Crippen LogP contribution in [0.5, 0.6) is 17.2 Å². The third-order valence-electron chi connectivity index (χ3n) is 5.88. The summed E-state index contributed by atoms with van der Waals surface area (Å²) in [7, 11) is 4.69. The zero-order chi connectivity index (χ0) is 23.7. The molecule has 0 radical (unpaired) electrons. The molecule has 0 saturated carbocycles. The Morgan fingerprint density at radius 1 is 0.909 bits per heavy atom. The number of methoxy groups -OCH3 is 3. The third-order valence-corrected chi connectivity index (χ3v) is 6.53. The Morgan fingerprint density at radius 2 is 1.55 bits per heavy atom. The highest BCUT2D eigenvalue weighted by Gasteiger charge is 2.40. The van der Waals surface area contributed by atoms with Crippen LogP contribution in [0.1, 0.15) is 51.6 Å². The molecule has 0 aromatic heterocycles. The monoisotopic (exact) mass is 486 g/mol. The number of benzene rings is 3. The number of carbonyl (C=O) groups is 1. The molecule has 3 aromatic rings. The van der Waals surface area contributed by atoms with Gasteiger partial charge in [0, 0.05) is 28.7 Å². The van der Waals surface area contributed by atoms with Gasteiger partial charge in [-0.25, -0.2) is 0 Å². The summed E-state index contributed by atoms with van der Waals surface area (Å²) in [6.07, 6.45) is -0.507. The molecule has 0 fully saturated rings. The molecule has 1 aliphatic rings. The predicted molar refractivity (Wildman–Crippen MR) is 129 cm³/mol. The van der Waals surface area contributed by atoms with Crippen LogP contribution in [0.2, 0.25) is 10.0 Å². The lowest BCUT2D eigenvalue weighted by atomic mass is 9.73. The molecule has 1 aliphatic carbocycles. The molecular formula is C26H24Cl2O5. The summed E-state index contributed by atoms with van der Waals surface area (Å²) in [6, 6.07) is 14.5. The average Bonchev–Trinajstić information content (AvgIpc) is 2.82. The maximum Gasteiger partial charge on any atom is 0.203 e. The number of fused-ring (bicyclic) bond motifs is 2. The van der Waals surface area contributed by atoms with Crippen LogP contribution in [0.3, 0.4) is 0 Å². The van der Waals surface area contributed by atoms with Crippen molar-refractivity contribution >= 4 is 29.0 Å². The fraction of sp³-hybridized carbons (Fsp3) is 0.269. The number of rotatable bonds is 7. The molecule has 0 amide bonds. The Hall–Kier alpha value is -2.73. The fourth-order valence-corrected chi connectivity index (χ4v) is 5.09. The van der Waals surface area contributed by atoms with Gasteiger partial charge < -0.3 is 18.9 Å². The van der Waals surface area contributed by atoms with E-state index in [0.717, 1.165) is 11.1 Å². The summed E-state index contributed by atoms with van der Waals surface area (Å²) in [5.74, 6) is 0.968. The van der Waals surface area contributed by atoms with Gasteiger partial charge in [-0.1, -0.05) is 47.5 Å². The smallest absolute Gasteiger partial charge is 0.203 e. The number of ether oxygens (including phenoxy) is 4. The Labute approximate surface area is 203 Å². The second kappa shape index (κ2) is 9.64. The van der Waals surface area contributed by atoms with Crippen molar-refractivity contribution in [2.75, 3.05) is 27.9 Å². The molecule has 7 heteroatoms. The van der Waals surface area contributed by atoms with Gasteiger partial charge in [-0.15, -0.1) is 0 Å². The minimum absolute atomic E-state index is 0.149. The van der Waals surface area contributed by atoms with Crippen LogP contribution < -0.4 is 14.2 Å². The first-order valence-corrected chi connectivity index (χ1v) is 11.2. The Kier molecular flexibility index (Phi) is 6.84. The summed E-state index contributed by atoms with van der Waals surface area (Å²) >= 11 is 13.2. The van der Waals surface area contributed by atoms with E-state index in [1.54, 1.807) is 45.6 Å². The minimum Gasteiger partial charge on any atom is -0.493 e. The number of ketones is 1. The van der Waals surface area contributed by atoms with Crippen molar-refractivity contribution < 1.29 is 23.7 Å². The normalized spacial score (nSPS) is 15.5. The summed E-state index contributed by atoms with van der Waals surface area (Å²) in [5.41, 5.74) is 3.26. The topological polar surface area (TPSA) is 54.0 Å². The second-order valence-corrected chi connectivity index (χ2v) is 8.36. The lowest BCUT2D eigenvalue weighted by Gasteiger charge is -2.35. The Bertz CT molecular complexity index is 1180. The minimum atomic E-state index is -0.507. The van der Waals surface area contributed by atoms with Gasteiger partial charge in [0.2, 0.25) is 5.75 Å². The molecule has 4 rings (SSSR count). The standard InChI is InChI=1S/C26H24Cl2O5/c1-5-33-25(14-12-19(30-2)26(32-4)20(13-14)31-3)23-15-8-6-11-18(28)22(15)24(29)16-9-7-10-17(27)21(16)23/h6-13,23,25H,5H2,1-4H3. The van der Waals surface area contributed by atoms with E-state index in [-0.39, 0.29) is 11.7 Å². The summed E-state index contributed by atoms with van der Waals surface area (Å²) in [6.45, 7) is 2.35. The SMILES string of the molecule is CCOC(c1cc(OC)c(OC)c(OC)c1)C1c2cccc(Cl)c2C(=O)c2cccc(Cl)c21. The molecule has 0 N–H and O–H groups in total. The average molecular weight is 487 g/mol. The maximum atomic E-state index is 13.4. The number of hydrogen-bond acceptors (Lipinski definition) is 5. The van der Waals surface area contributed by atoms with E-state index < -0.39 is 6.10 Å². The zero-order valence-electron chi connectivity index (χ0n) is 18.8. The van der Waals surface area contributed by atoms with E-state index in [0.29, 0.717) is 50.6 Å². The summed E-state index contributed by atoms with van der Waals surface area (Å²) in [4.78, 5) is 13.4. The van der Waals surface area contributed by atoms with Gasteiger partial charge in [0.05, 0.1) is 32.5 Å². The van der Waals surface area contributed by atoms with Crippen molar-refractivity contribution in [3.8, 4) is 17.2 Å². The van der Waals surface area contributed by atoms with Gasteiger partial charge in [0.1, 0.15) is 0 Å². The van der Waals surface area contributed by atoms with E-state index in [1.807, 2.05) is 31.2 Å². The van der Waals surface area contributed by atoms with Crippen LogP contribution in [0.15, 0.2) is 48.5 Å². The van der Waals surface area contributed by atoms with Crippen molar-refractivity contribution in [1.82, 2.24) is 0 Å². The maximum absolute atomic E-state index is 13.4. The first-order chi connectivity index (χ1) is 16.0. The van der Waals surface area contributed by atoms with E-state index >= 15 is 0 Å². The molecule has 2 atom stereocenters. The van der Waals surface area contributed by atoms with Gasteiger partial charge in [0.15, 0.2) is 17.3 Å². The van der Waals surface area contributed by atoms with Gasteiger partial charge in [-0.05, 0) is 47.9 Å². The van der Waals surface area contributed by atoms with Crippen molar-refractivity contribution in [2.24, 2.45) is 0 Å². The first-order valence-electron chi connectivity index (χ1n) is 10.5. The second-order valence-electron chi connectivity index (χ2n) is 7.55. The van der Waals surface area contributed by atoms with Crippen LogP contribution >= 0.6 is 23.2 Å². The number of hydrogen-bond donors (Lipinski definition) is 0. The first kappa shape index (κ1) is 23.4. The lowest BCUT2D eigenvalue weighted by Crippen LogP contribution is -2.26. The number of carbonyl (C=O) groups excluding carboxylic acids is 1. The molecule has 33 heavy (non-hydrogen) atoms. The van der Waals surface area contributed by atoms with Crippen LogP contribution in [0.25, 0.3) is 0 Å². The highest BCUT2D eigenvalue weighted by Crippen LogP contribution is 2.51. The van der Waals surface area contributed by atoms with Crippen LogP contribution in [0, 0.1) is 0 Å². The quantitative estimate of drug-likeness (QED) is 0.382. The van der Waals surface area contributed by atoms with Crippen LogP contribution in [-0.4, -0.2) is 33.7 Å². The van der Waals surface area contributed by atoms with Crippen LogP contribution in [-0.2, 0) is 4.74 Å². The Morgan fingerprint density at radius 3 is 2.15 bits per heavy atom. The van der Waals surface area contributed by atoms with E-state index in [9.17, 15) is 4.79 Å². The molecule has 172 valence electrons. The van der Waals surface area contributed by atoms with Crippen molar-refractivity contribution in [1.29, 1.82) is 0 Å². The molecule has 0 bridgehead atoms. The molecule has 2 unspecified atom stereocenters. The van der Waals surface area contributed by atoms with Crippen molar-refractivity contribution in [3.05, 3.63) is 86.4 Å². The van der Waals surface area contributed by atoms with E-state index in [1.165, 1.54) is 0 Å². The molecule has 0 spiro atoms. The van der Waals surface area contributed by atoms with Gasteiger partial charge in [-0.2, -0.15) is 0 Å². The largest absolute Gasteiger partial charge is 0.493 e. The molecule has 0 saturated heterocycles. The van der Waals surface area contributed by atoms with E-state index in [2.05, 4.69) is 0 Å². The van der Waals surface area contributed by atoms with Crippen LogP contribution in [0.4, 0.5) is 0 Å². The van der Waals surface area contributed by atoms with Gasteiger partial charge in [0.25, 0.3) is 0 Å². The molecular weight excluding hydrogens is 463 g/mol. The molecule has 3 aromatic carbocycles. The van der Waals surface area contributed by atoms with Gasteiger partial charge in [-0.3, -0.25) is 4.79 Å². The highest BCUT2D eigenvalue weighted by atomic mass is 35.5. The summed E-state index contributed by atoms with van der Waals surface area (Å²) in [5, 5.41) is 0.891. The third kappa shape index (κ3) is 3.95. The van der Waals surface area contributed by atoms with E-state index in [4.69, 9.17) is 42.1 Å². The van der Waals surface area contributed by atoms with Crippen molar-refractivity contribution in [3.63, 3.8) is 0 Å². The molecule has 0 heterocycles. The Balaban J connectivity index is 2.01. The molecule has 5 nitrogen and oxygen atoms in total. The lowest BCUT2D eigenvalue weighted by molar-refractivity contribution is 0.0492. The van der Waals surface area contributed by atoms with Crippen molar-refractivity contribution in [2.45, 2.75) is 18.9 Å². The fourth-order valence-electron chi connectivity index (χ4n) is 4.53. The molecule has 0 aliphatic heterocycles.